The van der Waals surface area contributed by atoms with Crippen molar-refractivity contribution in [2.75, 3.05) is 26.0 Å². The molecule has 158 valence electrons. The lowest BCUT2D eigenvalue weighted by atomic mass is 10.1. The van der Waals surface area contributed by atoms with Crippen LogP contribution in [0.5, 0.6) is 5.75 Å². The van der Waals surface area contributed by atoms with E-state index in [1.807, 2.05) is 24.3 Å². The van der Waals surface area contributed by atoms with Crippen molar-refractivity contribution < 1.29 is 23.9 Å². The summed E-state index contributed by atoms with van der Waals surface area (Å²) in [5, 5.41) is 2.65. The second-order valence-electron chi connectivity index (χ2n) is 7.15. The van der Waals surface area contributed by atoms with Crippen molar-refractivity contribution in [3.63, 3.8) is 0 Å². The van der Waals surface area contributed by atoms with Crippen LogP contribution in [-0.2, 0) is 16.1 Å². The SMILES string of the molecule is CN(C)C(=O)c1ccc(NC(=O)COC(=O)c2cc3c(s2)-c2ccccc2OC3)cc1. The van der Waals surface area contributed by atoms with Crippen molar-refractivity contribution in [2.45, 2.75) is 6.61 Å². The zero-order valence-corrected chi connectivity index (χ0v) is 17.8. The Morgan fingerprint density at radius 1 is 1.10 bits per heavy atom. The number of para-hydroxylation sites is 1. The van der Waals surface area contributed by atoms with E-state index in [0.29, 0.717) is 22.7 Å². The molecule has 0 radical (unpaired) electrons. The van der Waals surface area contributed by atoms with Crippen LogP contribution in [0, 0.1) is 0 Å². The lowest BCUT2D eigenvalue weighted by Crippen LogP contribution is -2.22. The number of carbonyl (C=O) groups excluding carboxylic acids is 3. The number of fused-ring (bicyclic) bond motifs is 3. The maximum Gasteiger partial charge on any atom is 0.348 e. The third-order valence-corrected chi connectivity index (χ3v) is 5.87. The Balaban J connectivity index is 1.35. The highest BCUT2D eigenvalue weighted by Crippen LogP contribution is 2.42. The number of anilines is 1. The van der Waals surface area contributed by atoms with Gasteiger partial charge < -0.3 is 19.7 Å². The molecule has 8 heteroatoms. The van der Waals surface area contributed by atoms with Gasteiger partial charge in [-0.1, -0.05) is 12.1 Å². The van der Waals surface area contributed by atoms with Crippen LogP contribution < -0.4 is 10.1 Å². The molecule has 0 saturated carbocycles. The topological polar surface area (TPSA) is 84.9 Å². The van der Waals surface area contributed by atoms with Crippen LogP contribution in [0.25, 0.3) is 10.4 Å². The summed E-state index contributed by atoms with van der Waals surface area (Å²) in [6.07, 6.45) is 0. The van der Waals surface area contributed by atoms with Crippen molar-refractivity contribution in [1.82, 2.24) is 4.90 Å². The van der Waals surface area contributed by atoms with Crippen LogP contribution in [0.4, 0.5) is 5.69 Å². The first-order chi connectivity index (χ1) is 14.9. The lowest BCUT2D eigenvalue weighted by Gasteiger charge is -2.16. The number of rotatable bonds is 5. The van der Waals surface area contributed by atoms with Gasteiger partial charge in [0, 0.05) is 41.4 Å². The second-order valence-corrected chi connectivity index (χ2v) is 8.20. The predicted molar refractivity (Wildman–Crippen MR) is 117 cm³/mol. The minimum absolute atomic E-state index is 0.126. The lowest BCUT2D eigenvalue weighted by molar-refractivity contribution is -0.119. The minimum Gasteiger partial charge on any atom is -0.488 e. The maximum absolute atomic E-state index is 12.4. The Kier molecular flexibility index (Phi) is 5.73. The van der Waals surface area contributed by atoms with Gasteiger partial charge in [-0.3, -0.25) is 9.59 Å². The number of nitrogens with zero attached hydrogens (tertiary/aromatic N) is 1. The van der Waals surface area contributed by atoms with E-state index in [0.717, 1.165) is 21.8 Å². The summed E-state index contributed by atoms with van der Waals surface area (Å²) in [5.41, 5.74) is 2.90. The van der Waals surface area contributed by atoms with Crippen LogP contribution in [0.2, 0.25) is 0 Å². The first-order valence-corrected chi connectivity index (χ1v) is 10.4. The summed E-state index contributed by atoms with van der Waals surface area (Å²) in [4.78, 5) is 39.4. The number of carbonyl (C=O) groups is 3. The molecule has 0 aliphatic carbocycles. The summed E-state index contributed by atoms with van der Waals surface area (Å²) >= 11 is 1.33. The van der Waals surface area contributed by atoms with Crippen LogP contribution in [0.15, 0.2) is 54.6 Å². The molecule has 0 atom stereocenters. The molecule has 1 aromatic heterocycles. The van der Waals surface area contributed by atoms with Crippen LogP contribution >= 0.6 is 11.3 Å². The molecule has 31 heavy (non-hydrogen) atoms. The summed E-state index contributed by atoms with van der Waals surface area (Å²) in [6, 6.07) is 15.9. The van der Waals surface area contributed by atoms with Gasteiger partial charge in [0.15, 0.2) is 6.61 Å². The van der Waals surface area contributed by atoms with Gasteiger partial charge in [0.25, 0.3) is 11.8 Å². The van der Waals surface area contributed by atoms with Crippen molar-refractivity contribution in [2.24, 2.45) is 0 Å². The Morgan fingerprint density at radius 2 is 1.84 bits per heavy atom. The van der Waals surface area contributed by atoms with Gasteiger partial charge in [-0.15, -0.1) is 11.3 Å². The normalized spacial score (nSPS) is 11.5. The first-order valence-electron chi connectivity index (χ1n) is 9.56. The number of hydrogen-bond donors (Lipinski definition) is 1. The van der Waals surface area contributed by atoms with Gasteiger partial charge in [-0.25, -0.2) is 4.79 Å². The molecule has 2 heterocycles. The number of benzene rings is 2. The molecule has 1 N–H and O–H groups in total. The van der Waals surface area contributed by atoms with E-state index >= 15 is 0 Å². The van der Waals surface area contributed by atoms with E-state index < -0.39 is 18.5 Å². The fraction of sp³-hybridized carbons (Fsp3) is 0.174. The number of ether oxygens (including phenoxy) is 2. The molecule has 7 nitrogen and oxygen atoms in total. The standard InChI is InChI=1S/C23H20N2O5S/c1-25(2)22(27)14-7-9-16(10-8-14)24-20(26)13-30-23(28)19-11-15-12-29-18-6-4-3-5-17(18)21(15)31-19/h3-11H,12-13H2,1-2H3,(H,24,26). The van der Waals surface area contributed by atoms with Gasteiger partial charge in [0.05, 0.1) is 0 Å². The molecule has 0 spiro atoms. The van der Waals surface area contributed by atoms with E-state index in [1.54, 1.807) is 44.4 Å². The summed E-state index contributed by atoms with van der Waals surface area (Å²) in [7, 11) is 3.34. The second kappa shape index (κ2) is 8.61. The van der Waals surface area contributed by atoms with Crippen molar-refractivity contribution >= 4 is 34.8 Å². The monoisotopic (exact) mass is 436 g/mol. The van der Waals surface area contributed by atoms with Gasteiger partial charge in [0.2, 0.25) is 0 Å². The third-order valence-electron chi connectivity index (χ3n) is 4.68. The Hall–Kier alpha value is -3.65. The average molecular weight is 436 g/mol. The predicted octanol–water partition coefficient (Wildman–Crippen LogP) is 3.80. The maximum atomic E-state index is 12.4. The molecular weight excluding hydrogens is 416 g/mol. The van der Waals surface area contributed by atoms with Gasteiger partial charge >= 0.3 is 5.97 Å². The molecular formula is C23H20N2O5S. The molecule has 2 aromatic carbocycles. The molecule has 0 unspecified atom stereocenters. The number of esters is 1. The number of amides is 2. The molecule has 1 aliphatic heterocycles. The van der Waals surface area contributed by atoms with E-state index in [2.05, 4.69) is 5.32 Å². The van der Waals surface area contributed by atoms with Gasteiger partial charge in [-0.05, 0) is 42.5 Å². The highest BCUT2D eigenvalue weighted by molar-refractivity contribution is 7.17. The number of hydrogen-bond acceptors (Lipinski definition) is 6. The van der Waals surface area contributed by atoms with Gasteiger partial charge in [-0.2, -0.15) is 0 Å². The fourth-order valence-corrected chi connectivity index (χ4v) is 4.24. The quantitative estimate of drug-likeness (QED) is 0.615. The third kappa shape index (κ3) is 4.44. The van der Waals surface area contributed by atoms with E-state index in [-0.39, 0.29) is 5.91 Å². The fourth-order valence-electron chi connectivity index (χ4n) is 3.15. The first kappa shape index (κ1) is 20.6. The molecule has 1 aliphatic rings. The minimum atomic E-state index is -0.557. The zero-order valence-electron chi connectivity index (χ0n) is 17.0. The highest BCUT2D eigenvalue weighted by atomic mass is 32.1. The van der Waals surface area contributed by atoms with Crippen LogP contribution in [-0.4, -0.2) is 43.4 Å². The molecule has 0 saturated heterocycles. The largest absolute Gasteiger partial charge is 0.488 e. The summed E-state index contributed by atoms with van der Waals surface area (Å²) < 4.78 is 10.9. The van der Waals surface area contributed by atoms with Crippen molar-refractivity contribution in [3.05, 3.63) is 70.6 Å². The van der Waals surface area contributed by atoms with E-state index in [4.69, 9.17) is 9.47 Å². The Labute approximate surface area is 183 Å². The van der Waals surface area contributed by atoms with Crippen molar-refractivity contribution in [3.8, 4) is 16.2 Å². The zero-order chi connectivity index (χ0) is 22.0. The Bertz CT molecular complexity index is 1150. The van der Waals surface area contributed by atoms with Crippen LogP contribution in [0.1, 0.15) is 25.6 Å². The molecule has 0 bridgehead atoms. The molecule has 3 aromatic rings. The smallest absolute Gasteiger partial charge is 0.348 e. The van der Waals surface area contributed by atoms with Crippen LogP contribution in [0.3, 0.4) is 0 Å². The van der Waals surface area contributed by atoms with E-state index in [1.165, 1.54) is 16.2 Å². The summed E-state index contributed by atoms with van der Waals surface area (Å²) in [5.74, 6) is -0.359. The number of thiophene rings is 1. The molecule has 0 fully saturated rings. The average Bonchev–Trinajstić information content (AvgIpc) is 3.22. The Morgan fingerprint density at radius 3 is 2.58 bits per heavy atom. The summed E-state index contributed by atoms with van der Waals surface area (Å²) in [6.45, 7) is -0.0181. The van der Waals surface area contributed by atoms with Crippen molar-refractivity contribution in [1.29, 1.82) is 0 Å². The molecule has 2 amide bonds. The highest BCUT2D eigenvalue weighted by Gasteiger charge is 2.23. The number of nitrogens with one attached hydrogen (secondary N) is 1. The van der Waals surface area contributed by atoms with Gasteiger partial charge in [0.1, 0.15) is 17.2 Å². The van der Waals surface area contributed by atoms with E-state index in [9.17, 15) is 14.4 Å². The molecule has 4 rings (SSSR count).